The van der Waals surface area contributed by atoms with Crippen LogP contribution < -0.4 is 0 Å². The highest BCUT2D eigenvalue weighted by Crippen LogP contribution is 2.40. The molecule has 2 N–H and O–H groups in total. The molecule has 1 saturated carbocycles. The Morgan fingerprint density at radius 2 is 2.31 bits per heavy atom. The molecule has 0 atom stereocenters. The van der Waals surface area contributed by atoms with E-state index in [2.05, 4.69) is 10.2 Å². The van der Waals surface area contributed by atoms with Crippen molar-refractivity contribution in [1.82, 2.24) is 10.2 Å². The number of carbonyl (C=O) groups is 2. The largest absolute Gasteiger partial charge is 0.478 e. The van der Waals surface area contributed by atoms with E-state index < -0.39 is 5.97 Å². The highest BCUT2D eigenvalue weighted by Gasteiger charge is 2.32. The van der Waals surface area contributed by atoms with Crippen molar-refractivity contribution in [2.75, 3.05) is 0 Å². The first kappa shape index (κ1) is 7.97. The maximum Gasteiger partial charge on any atom is 0.339 e. The van der Waals surface area contributed by atoms with Gasteiger partial charge < -0.3 is 5.11 Å². The SMILES string of the molecule is O=Cc1n[nH]c(C2CC2)c1C(=O)O. The van der Waals surface area contributed by atoms with Crippen molar-refractivity contribution < 1.29 is 14.7 Å². The number of hydrogen-bond acceptors (Lipinski definition) is 3. The Morgan fingerprint density at radius 1 is 1.62 bits per heavy atom. The van der Waals surface area contributed by atoms with E-state index in [1.54, 1.807) is 0 Å². The monoisotopic (exact) mass is 180 g/mol. The van der Waals surface area contributed by atoms with E-state index >= 15 is 0 Å². The molecule has 1 fully saturated rings. The quantitative estimate of drug-likeness (QED) is 0.674. The second-order valence-electron chi connectivity index (χ2n) is 3.09. The van der Waals surface area contributed by atoms with E-state index in [0.717, 1.165) is 12.8 Å². The van der Waals surface area contributed by atoms with E-state index in [0.29, 0.717) is 12.0 Å². The summed E-state index contributed by atoms with van der Waals surface area (Å²) in [5.41, 5.74) is 0.626. The molecule has 1 heterocycles. The molecule has 0 unspecified atom stereocenters. The summed E-state index contributed by atoms with van der Waals surface area (Å²) in [5.74, 6) is -0.829. The molecular weight excluding hydrogens is 172 g/mol. The first-order chi connectivity index (χ1) is 6.24. The Kier molecular flexibility index (Phi) is 1.65. The van der Waals surface area contributed by atoms with Crippen molar-refractivity contribution in [3.05, 3.63) is 17.0 Å². The number of aromatic amines is 1. The summed E-state index contributed by atoms with van der Waals surface area (Å²) in [5, 5.41) is 15.1. The molecule has 0 aromatic carbocycles. The van der Waals surface area contributed by atoms with Crippen LogP contribution >= 0.6 is 0 Å². The number of aromatic carboxylic acids is 1. The zero-order chi connectivity index (χ0) is 9.42. The van der Waals surface area contributed by atoms with Gasteiger partial charge in [0, 0.05) is 5.92 Å². The van der Waals surface area contributed by atoms with Crippen LogP contribution in [0.3, 0.4) is 0 Å². The Bertz CT molecular complexity index is 365. The van der Waals surface area contributed by atoms with Gasteiger partial charge in [0.15, 0.2) is 6.29 Å². The van der Waals surface area contributed by atoms with Crippen molar-refractivity contribution >= 4 is 12.3 Å². The number of carboxylic acids is 1. The molecule has 0 spiro atoms. The molecular formula is C8H8N2O3. The number of H-pyrrole nitrogens is 1. The third kappa shape index (κ3) is 1.22. The summed E-state index contributed by atoms with van der Waals surface area (Å²) < 4.78 is 0. The molecule has 1 aliphatic carbocycles. The summed E-state index contributed by atoms with van der Waals surface area (Å²) in [7, 11) is 0. The smallest absolute Gasteiger partial charge is 0.339 e. The first-order valence-electron chi connectivity index (χ1n) is 4.00. The molecule has 2 rings (SSSR count). The van der Waals surface area contributed by atoms with Crippen LogP contribution in [0.15, 0.2) is 0 Å². The minimum absolute atomic E-state index is 0.00519. The van der Waals surface area contributed by atoms with Gasteiger partial charge >= 0.3 is 5.97 Å². The first-order valence-corrected chi connectivity index (χ1v) is 4.00. The van der Waals surface area contributed by atoms with Crippen LogP contribution in [0, 0.1) is 0 Å². The third-order valence-corrected chi connectivity index (χ3v) is 2.13. The van der Waals surface area contributed by atoms with Crippen molar-refractivity contribution in [2.45, 2.75) is 18.8 Å². The number of nitrogens with zero attached hydrogens (tertiary/aromatic N) is 1. The molecule has 5 heteroatoms. The molecule has 13 heavy (non-hydrogen) atoms. The van der Waals surface area contributed by atoms with E-state index in [4.69, 9.17) is 5.11 Å². The van der Waals surface area contributed by atoms with Crippen LogP contribution in [-0.4, -0.2) is 27.6 Å². The molecule has 5 nitrogen and oxygen atoms in total. The van der Waals surface area contributed by atoms with Crippen molar-refractivity contribution in [3.8, 4) is 0 Å². The van der Waals surface area contributed by atoms with Crippen LogP contribution in [0.2, 0.25) is 0 Å². The molecule has 68 valence electrons. The molecule has 1 aromatic heterocycles. The average molecular weight is 180 g/mol. The lowest BCUT2D eigenvalue weighted by Crippen LogP contribution is -2.02. The van der Waals surface area contributed by atoms with Gasteiger partial charge in [0.25, 0.3) is 0 Å². The fourth-order valence-electron chi connectivity index (χ4n) is 1.35. The second kappa shape index (κ2) is 2.69. The molecule has 0 saturated heterocycles. The number of aldehydes is 1. The molecule has 0 amide bonds. The van der Waals surface area contributed by atoms with Crippen molar-refractivity contribution in [1.29, 1.82) is 0 Å². The fraction of sp³-hybridized carbons (Fsp3) is 0.375. The predicted octanol–water partition coefficient (Wildman–Crippen LogP) is 0.798. The lowest BCUT2D eigenvalue weighted by molar-refractivity contribution is 0.0693. The Morgan fingerprint density at radius 3 is 2.77 bits per heavy atom. The number of nitrogens with one attached hydrogen (secondary N) is 1. The van der Waals surface area contributed by atoms with Crippen LogP contribution in [0.1, 0.15) is 45.3 Å². The zero-order valence-corrected chi connectivity index (χ0v) is 6.78. The molecule has 1 aromatic rings. The fourth-order valence-corrected chi connectivity index (χ4v) is 1.35. The van der Waals surface area contributed by atoms with E-state index in [1.165, 1.54) is 0 Å². The molecule has 0 bridgehead atoms. The van der Waals surface area contributed by atoms with Gasteiger partial charge in [-0.25, -0.2) is 4.79 Å². The van der Waals surface area contributed by atoms with Gasteiger partial charge in [0.1, 0.15) is 11.3 Å². The van der Waals surface area contributed by atoms with Crippen molar-refractivity contribution in [2.24, 2.45) is 0 Å². The van der Waals surface area contributed by atoms with Gasteiger partial charge in [0.2, 0.25) is 0 Å². The summed E-state index contributed by atoms with van der Waals surface area (Å²) in [6.07, 6.45) is 2.41. The lowest BCUT2D eigenvalue weighted by atomic mass is 10.1. The lowest BCUT2D eigenvalue weighted by Gasteiger charge is -1.94. The van der Waals surface area contributed by atoms with E-state index in [1.807, 2.05) is 0 Å². The number of rotatable bonds is 3. The van der Waals surface area contributed by atoms with Gasteiger partial charge in [-0.3, -0.25) is 9.89 Å². The Balaban J connectivity index is 2.49. The van der Waals surface area contributed by atoms with Gasteiger partial charge in [0.05, 0.1) is 5.69 Å². The Hall–Kier alpha value is -1.65. The summed E-state index contributed by atoms with van der Waals surface area (Å²) in [6, 6.07) is 0. The maximum atomic E-state index is 10.8. The van der Waals surface area contributed by atoms with E-state index in [9.17, 15) is 9.59 Å². The van der Waals surface area contributed by atoms with Crippen molar-refractivity contribution in [3.63, 3.8) is 0 Å². The minimum atomic E-state index is -1.09. The van der Waals surface area contributed by atoms with Gasteiger partial charge in [-0.1, -0.05) is 0 Å². The van der Waals surface area contributed by atoms with Gasteiger partial charge in [-0.05, 0) is 12.8 Å². The maximum absolute atomic E-state index is 10.8. The highest BCUT2D eigenvalue weighted by molar-refractivity contribution is 5.97. The predicted molar refractivity (Wildman–Crippen MR) is 42.9 cm³/mol. The number of hydrogen-bond donors (Lipinski definition) is 2. The highest BCUT2D eigenvalue weighted by atomic mass is 16.4. The summed E-state index contributed by atoms with van der Waals surface area (Å²) >= 11 is 0. The minimum Gasteiger partial charge on any atom is -0.478 e. The molecule has 0 aliphatic heterocycles. The third-order valence-electron chi connectivity index (χ3n) is 2.13. The zero-order valence-electron chi connectivity index (χ0n) is 6.78. The summed E-state index contributed by atoms with van der Waals surface area (Å²) in [6.45, 7) is 0. The normalized spacial score (nSPS) is 15.7. The van der Waals surface area contributed by atoms with Gasteiger partial charge in [-0.15, -0.1) is 0 Å². The number of carbonyl (C=O) groups excluding carboxylic acids is 1. The number of carboxylic acid groups (broad SMARTS) is 1. The summed E-state index contributed by atoms with van der Waals surface area (Å²) in [4.78, 5) is 21.2. The van der Waals surface area contributed by atoms with Crippen LogP contribution in [-0.2, 0) is 0 Å². The standard InChI is InChI=1S/C8H8N2O3/c11-3-5-6(8(12)13)7(10-9-5)4-1-2-4/h3-4H,1-2H2,(H,9,10)(H,12,13). The van der Waals surface area contributed by atoms with Gasteiger partial charge in [-0.2, -0.15) is 5.10 Å². The number of aromatic nitrogens is 2. The average Bonchev–Trinajstić information content (AvgIpc) is 2.84. The van der Waals surface area contributed by atoms with Crippen LogP contribution in [0.5, 0.6) is 0 Å². The second-order valence-corrected chi connectivity index (χ2v) is 3.09. The topological polar surface area (TPSA) is 83.0 Å². The molecule has 1 aliphatic rings. The van der Waals surface area contributed by atoms with E-state index in [-0.39, 0.29) is 17.2 Å². The van der Waals surface area contributed by atoms with Crippen LogP contribution in [0.25, 0.3) is 0 Å². The molecule has 0 radical (unpaired) electrons. The van der Waals surface area contributed by atoms with Crippen LogP contribution in [0.4, 0.5) is 0 Å². The Labute approximate surface area is 73.8 Å².